The summed E-state index contributed by atoms with van der Waals surface area (Å²) in [6, 6.07) is 4.27. The molecule has 1 aromatic carbocycles. The van der Waals surface area contributed by atoms with Gasteiger partial charge in [0.1, 0.15) is 5.69 Å². The molecule has 5 nitrogen and oxygen atoms in total. The molecule has 2 N–H and O–H groups in total. The second kappa shape index (κ2) is 7.48. The van der Waals surface area contributed by atoms with Crippen LogP contribution in [-0.4, -0.2) is 22.4 Å². The van der Waals surface area contributed by atoms with Gasteiger partial charge in [-0.1, -0.05) is 18.5 Å². The van der Waals surface area contributed by atoms with E-state index in [-0.39, 0.29) is 22.4 Å². The Balaban J connectivity index is 2.24. The van der Waals surface area contributed by atoms with Crippen LogP contribution < -0.4 is 10.6 Å². The van der Waals surface area contributed by atoms with Gasteiger partial charge in [-0.15, -0.1) is 0 Å². The highest BCUT2D eigenvalue weighted by Gasteiger charge is 2.31. The molecule has 0 aliphatic carbocycles. The maximum atomic E-state index is 12.8. The Bertz CT molecular complexity index is 737. The smallest absolute Gasteiger partial charge is 0.351 e. The van der Waals surface area contributed by atoms with E-state index >= 15 is 0 Å². The molecule has 1 amide bonds. The van der Waals surface area contributed by atoms with E-state index in [9.17, 15) is 18.0 Å². The monoisotopic (exact) mass is 358 g/mol. The predicted octanol–water partition coefficient (Wildman–Crippen LogP) is 4.03. The van der Waals surface area contributed by atoms with Gasteiger partial charge in [-0.2, -0.15) is 13.2 Å². The molecule has 0 aliphatic rings. The fourth-order valence-corrected chi connectivity index (χ4v) is 1.96. The first-order valence-corrected chi connectivity index (χ1v) is 7.44. The van der Waals surface area contributed by atoms with Crippen LogP contribution in [0.1, 0.15) is 29.4 Å². The lowest BCUT2D eigenvalue weighted by atomic mass is 10.2. The zero-order chi connectivity index (χ0) is 17.7. The Kier molecular flexibility index (Phi) is 5.61. The van der Waals surface area contributed by atoms with E-state index in [1.54, 1.807) is 0 Å². The number of amides is 1. The number of anilines is 2. The molecule has 1 heterocycles. The molecule has 0 bridgehead atoms. The van der Waals surface area contributed by atoms with Gasteiger partial charge in [-0.3, -0.25) is 4.79 Å². The lowest BCUT2D eigenvalue weighted by molar-refractivity contribution is -0.137. The number of carbonyl (C=O) groups excluding carboxylic acids is 1. The van der Waals surface area contributed by atoms with Gasteiger partial charge >= 0.3 is 6.18 Å². The van der Waals surface area contributed by atoms with Crippen molar-refractivity contribution in [3.63, 3.8) is 0 Å². The first-order valence-electron chi connectivity index (χ1n) is 7.06. The van der Waals surface area contributed by atoms with Crippen molar-refractivity contribution in [2.24, 2.45) is 0 Å². The molecule has 24 heavy (non-hydrogen) atoms. The summed E-state index contributed by atoms with van der Waals surface area (Å²) in [5.74, 6) is -0.419. The molecule has 1 aromatic heterocycles. The van der Waals surface area contributed by atoms with Crippen LogP contribution in [0.2, 0.25) is 5.02 Å². The molecule has 0 atom stereocenters. The summed E-state index contributed by atoms with van der Waals surface area (Å²) < 4.78 is 38.3. The van der Waals surface area contributed by atoms with E-state index in [1.807, 2.05) is 6.92 Å². The number of nitrogens with one attached hydrogen (secondary N) is 2. The fourth-order valence-electron chi connectivity index (χ4n) is 1.79. The van der Waals surface area contributed by atoms with Crippen molar-refractivity contribution >= 4 is 29.1 Å². The topological polar surface area (TPSA) is 66.9 Å². The van der Waals surface area contributed by atoms with Gasteiger partial charge in [-0.05, 0) is 30.7 Å². The van der Waals surface area contributed by atoms with Crippen LogP contribution in [-0.2, 0) is 6.18 Å². The minimum absolute atomic E-state index is 0.00221. The molecule has 0 fully saturated rings. The van der Waals surface area contributed by atoms with Crippen LogP contribution in [0.5, 0.6) is 0 Å². The molecular weight excluding hydrogens is 345 g/mol. The highest BCUT2D eigenvalue weighted by molar-refractivity contribution is 6.33. The van der Waals surface area contributed by atoms with Crippen molar-refractivity contribution in [2.45, 2.75) is 19.5 Å². The molecule has 9 heteroatoms. The largest absolute Gasteiger partial charge is 0.416 e. The lowest BCUT2D eigenvalue weighted by Crippen LogP contribution is -2.25. The maximum absolute atomic E-state index is 12.8. The van der Waals surface area contributed by atoms with Gasteiger partial charge in [0, 0.05) is 12.7 Å². The van der Waals surface area contributed by atoms with E-state index < -0.39 is 17.6 Å². The lowest BCUT2D eigenvalue weighted by Gasteiger charge is -2.12. The summed E-state index contributed by atoms with van der Waals surface area (Å²) in [6.45, 7) is 2.40. The minimum Gasteiger partial charge on any atom is -0.351 e. The number of aromatic nitrogens is 2. The summed E-state index contributed by atoms with van der Waals surface area (Å²) in [5.41, 5.74) is -0.757. The minimum atomic E-state index is -4.50. The molecule has 0 aliphatic heterocycles. The zero-order valence-corrected chi connectivity index (χ0v) is 13.4. The number of hydrogen-bond acceptors (Lipinski definition) is 4. The highest BCUT2D eigenvalue weighted by atomic mass is 35.5. The quantitative estimate of drug-likeness (QED) is 0.846. The third-order valence-electron chi connectivity index (χ3n) is 2.96. The molecule has 0 saturated carbocycles. The van der Waals surface area contributed by atoms with Crippen LogP contribution in [0.4, 0.5) is 24.8 Å². The van der Waals surface area contributed by atoms with Gasteiger partial charge in [0.25, 0.3) is 5.91 Å². The predicted molar refractivity (Wildman–Crippen MR) is 84.4 cm³/mol. The number of benzene rings is 1. The zero-order valence-electron chi connectivity index (χ0n) is 12.6. The van der Waals surface area contributed by atoms with Crippen molar-refractivity contribution in [1.29, 1.82) is 0 Å². The maximum Gasteiger partial charge on any atom is 0.416 e. The Labute approximate surface area is 141 Å². The Morgan fingerprint density at radius 2 is 2.04 bits per heavy atom. The van der Waals surface area contributed by atoms with Crippen LogP contribution in [0.25, 0.3) is 0 Å². The van der Waals surface area contributed by atoms with Crippen molar-refractivity contribution in [3.8, 4) is 0 Å². The molecule has 0 unspecified atom stereocenters. The third kappa shape index (κ3) is 4.58. The van der Waals surface area contributed by atoms with E-state index in [0.717, 1.165) is 24.6 Å². The van der Waals surface area contributed by atoms with Crippen molar-refractivity contribution in [3.05, 3.63) is 46.7 Å². The van der Waals surface area contributed by atoms with Gasteiger partial charge in [0.2, 0.25) is 5.95 Å². The third-order valence-corrected chi connectivity index (χ3v) is 3.29. The standard InChI is InChI=1S/C15H14ClF3N4O/c1-2-6-20-13(24)11-5-7-21-14(22-11)23-12-8-9(15(17,18)19)3-4-10(12)16/h3-5,7-8H,2,6H2,1H3,(H,20,24)(H,21,22,23). The summed E-state index contributed by atoms with van der Waals surface area (Å²) in [5, 5.41) is 5.33. The Morgan fingerprint density at radius 3 is 2.71 bits per heavy atom. The first kappa shape index (κ1) is 18.0. The molecule has 2 rings (SSSR count). The number of alkyl halides is 3. The summed E-state index contributed by atoms with van der Waals surface area (Å²) >= 11 is 5.90. The molecular formula is C15H14ClF3N4O. The van der Waals surface area contributed by atoms with E-state index in [4.69, 9.17) is 11.6 Å². The molecule has 2 aromatic rings. The van der Waals surface area contributed by atoms with E-state index in [1.165, 1.54) is 12.3 Å². The van der Waals surface area contributed by atoms with Gasteiger partial charge in [-0.25, -0.2) is 9.97 Å². The van der Waals surface area contributed by atoms with E-state index in [2.05, 4.69) is 20.6 Å². The molecule has 128 valence electrons. The van der Waals surface area contributed by atoms with Gasteiger partial charge in [0.05, 0.1) is 16.3 Å². The van der Waals surface area contributed by atoms with Gasteiger partial charge < -0.3 is 10.6 Å². The Morgan fingerprint density at radius 1 is 1.29 bits per heavy atom. The second-order valence-corrected chi connectivity index (χ2v) is 5.25. The van der Waals surface area contributed by atoms with Crippen LogP contribution >= 0.6 is 11.6 Å². The number of halogens is 4. The molecule has 0 spiro atoms. The molecule has 0 radical (unpaired) electrons. The number of hydrogen-bond donors (Lipinski definition) is 2. The number of carbonyl (C=O) groups is 1. The van der Waals surface area contributed by atoms with Crippen molar-refractivity contribution < 1.29 is 18.0 Å². The van der Waals surface area contributed by atoms with Crippen LogP contribution in [0.15, 0.2) is 30.5 Å². The summed E-state index contributed by atoms with van der Waals surface area (Å²) in [7, 11) is 0. The average Bonchev–Trinajstić information content (AvgIpc) is 2.54. The summed E-state index contributed by atoms with van der Waals surface area (Å²) in [6.07, 6.45) is -2.40. The highest BCUT2D eigenvalue weighted by Crippen LogP contribution is 2.34. The Hall–Kier alpha value is -2.35. The van der Waals surface area contributed by atoms with Crippen molar-refractivity contribution in [2.75, 3.05) is 11.9 Å². The normalized spacial score (nSPS) is 11.2. The first-order chi connectivity index (χ1) is 11.3. The van der Waals surface area contributed by atoms with Gasteiger partial charge in [0.15, 0.2) is 0 Å². The van der Waals surface area contributed by atoms with E-state index in [0.29, 0.717) is 6.54 Å². The summed E-state index contributed by atoms with van der Waals surface area (Å²) in [4.78, 5) is 19.7. The SMILES string of the molecule is CCCNC(=O)c1ccnc(Nc2cc(C(F)(F)F)ccc2Cl)n1. The number of nitrogens with zero attached hydrogens (tertiary/aromatic N) is 2. The van der Waals surface area contributed by atoms with Crippen LogP contribution in [0.3, 0.4) is 0 Å². The second-order valence-electron chi connectivity index (χ2n) is 4.84. The van der Waals surface area contributed by atoms with Crippen LogP contribution in [0, 0.1) is 0 Å². The molecule has 0 saturated heterocycles. The van der Waals surface area contributed by atoms with Crippen molar-refractivity contribution in [1.82, 2.24) is 15.3 Å². The number of rotatable bonds is 5. The average molecular weight is 359 g/mol. The fraction of sp³-hybridized carbons (Fsp3) is 0.267.